The van der Waals surface area contributed by atoms with Gasteiger partial charge < -0.3 is 4.74 Å². The molecule has 8 nitrogen and oxygen atoms in total. The second-order valence-corrected chi connectivity index (χ2v) is 8.44. The molecule has 1 fully saturated rings. The summed E-state index contributed by atoms with van der Waals surface area (Å²) in [6, 6.07) is 4.34. The van der Waals surface area contributed by atoms with Crippen LogP contribution in [0.2, 0.25) is 0 Å². The standard InChI is InChI=1S/C22H27N3O5/c1-7-30-21(29)17-16-18(25(23-17)22(5,6)11-14(4)26)20(28)24(19(16)27)15-9-8-12(2)13(3)10-15/h8-10,16,18H,7,11H2,1-6H3. The van der Waals surface area contributed by atoms with Crippen LogP contribution < -0.4 is 4.90 Å². The number of esters is 1. The van der Waals surface area contributed by atoms with E-state index in [9.17, 15) is 19.2 Å². The Kier molecular flexibility index (Phi) is 5.54. The van der Waals surface area contributed by atoms with Crippen molar-refractivity contribution in [3.63, 3.8) is 0 Å². The first kappa shape index (κ1) is 21.7. The second-order valence-electron chi connectivity index (χ2n) is 8.44. The van der Waals surface area contributed by atoms with Crippen molar-refractivity contribution in [2.24, 2.45) is 11.0 Å². The monoisotopic (exact) mass is 413 g/mol. The fourth-order valence-electron chi connectivity index (χ4n) is 4.10. The van der Waals surface area contributed by atoms with E-state index in [0.717, 1.165) is 16.0 Å². The van der Waals surface area contributed by atoms with Gasteiger partial charge in [-0.3, -0.25) is 19.4 Å². The minimum atomic E-state index is -1.07. The van der Waals surface area contributed by atoms with E-state index in [2.05, 4.69) is 5.10 Å². The van der Waals surface area contributed by atoms with Gasteiger partial charge in [0, 0.05) is 6.42 Å². The summed E-state index contributed by atoms with van der Waals surface area (Å²) in [7, 11) is 0. The van der Waals surface area contributed by atoms with Gasteiger partial charge in [0.1, 0.15) is 17.7 Å². The number of carbonyl (C=O) groups is 4. The van der Waals surface area contributed by atoms with Crippen molar-refractivity contribution in [3.05, 3.63) is 29.3 Å². The Morgan fingerprint density at radius 1 is 1.13 bits per heavy atom. The average molecular weight is 413 g/mol. The van der Waals surface area contributed by atoms with E-state index in [-0.39, 0.29) is 24.5 Å². The first-order valence-electron chi connectivity index (χ1n) is 9.99. The molecule has 0 radical (unpaired) electrons. The molecule has 8 heteroatoms. The lowest BCUT2D eigenvalue weighted by atomic mass is 9.92. The molecule has 2 atom stereocenters. The first-order valence-corrected chi connectivity index (χ1v) is 9.99. The zero-order valence-electron chi connectivity index (χ0n) is 18.2. The highest BCUT2D eigenvalue weighted by Crippen LogP contribution is 2.40. The largest absolute Gasteiger partial charge is 0.461 e. The molecular weight excluding hydrogens is 386 g/mol. The SMILES string of the molecule is CCOC(=O)C1=NN(C(C)(C)CC(C)=O)C2C(=O)N(c3ccc(C)c(C)c3)C(=O)C12. The number of hydrogen-bond donors (Lipinski definition) is 0. The quantitative estimate of drug-likeness (QED) is 0.524. The Morgan fingerprint density at radius 3 is 2.37 bits per heavy atom. The number of ether oxygens (including phenoxy) is 1. The maximum atomic E-state index is 13.4. The van der Waals surface area contributed by atoms with E-state index in [1.807, 2.05) is 19.9 Å². The van der Waals surface area contributed by atoms with Crippen molar-refractivity contribution >= 4 is 35.0 Å². The van der Waals surface area contributed by atoms with Gasteiger partial charge in [-0.25, -0.2) is 9.69 Å². The molecule has 0 aliphatic carbocycles. The van der Waals surface area contributed by atoms with Crippen molar-refractivity contribution in [2.45, 2.75) is 59.5 Å². The summed E-state index contributed by atoms with van der Waals surface area (Å²) in [6.45, 7) is 10.6. The van der Waals surface area contributed by atoms with Gasteiger partial charge in [-0.05, 0) is 64.8 Å². The van der Waals surface area contributed by atoms with Crippen molar-refractivity contribution in [1.82, 2.24) is 5.01 Å². The molecule has 0 saturated carbocycles. The highest BCUT2D eigenvalue weighted by Gasteiger charge is 2.61. The van der Waals surface area contributed by atoms with Crippen molar-refractivity contribution in [3.8, 4) is 0 Å². The molecule has 2 aliphatic heterocycles. The van der Waals surface area contributed by atoms with Gasteiger partial charge in [0.15, 0.2) is 5.71 Å². The molecular formula is C22H27N3O5. The maximum Gasteiger partial charge on any atom is 0.355 e. The third kappa shape index (κ3) is 3.51. The normalized spacial score (nSPS) is 21.1. The van der Waals surface area contributed by atoms with Crippen LogP contribution in [0.25, 0.3) is 0 Å². The summed E-state index contributed by atoms with van der Waals surface area (Å²) in [5, 5.41) is 5.77. The molecule has 0 spiro atoms. The summed E-state index contributed by atoms with van der Waals surface area (Å²) >= 11 is 0. The molecule has 30 heavy (non-hydrogen) atoms. The minimum absolute atomic E-state index is 0.0841. The van der Waals surface area contributed by atoms with Crippen LogP contribution in [-0.2, 0) is 23.9 Å². The zero-order valence-corrected chi connectivity index (χ0v) is 18.2. The summed E-state index contributed by atoms with van der Waals surface area (Å²) in [5.74, 6) is -2.85. The summed E-state index contributed by atoms with van der Waals surface area (Å²) in [4.78, 5) is 52.2. The highest BCUT2D eigenvalue weighted by atomic mass is 16.5. The summed E-state index contributed by atoms with van der Waals surface area (Å²) in [5.41, 5.74) is 1.48. The molecule has 0 bridgehead atoms. The number of hydrazone groups is 1. The molecule has 2 aliphatic rings. The van der Waals surface area contributed by atoms with E-state index < -0.39 is 35.3 Å². The topological polar surface area (TPSA) is 96.3 Å². The van der Waals surface area contributed by atoms with Crippen LogP contribution in [-0.4, -0.2) is 52.5 Å². The Morgan fingerprint density at radius 2 is 1.80 bits per heavy atom. The molecule has 0 N–H and O–H groups in total. The molecule has 0 aromatic heterocycles. The number of Topliss-reactive ketones (excluding diaryl/α,β-unsaturated/α-hetero) is 1. The van der Waals surface area contributed by atoms with Gasteiger partial charge >= 0.3 is 5.97 Å². The first-order chi connectivity index (χ1) is 14.0. The number of hydrogen-bond acceptors (Lipinski definition) is 7. The average Bonchev–Trinajstić information content (AvgIpc) is 3.15. The van der Waals surface area contributed by atoms with Crippen LogP contribution >= 0.6 is 0 Å². The molecule has 2 unspecified atom stereocenters. The summed E-state index contributed by atoms with van der Waals surface area (Å²) in [6.07, 6.45) is 0.112. The fourth-order valence-corrected chi connectivity index (χ4v) is 4.10. The molecule has 160 valence electrons. The number of carbonyl (C=O) groups excluding carboxylic acids is 4. The highest BCUT2D eigenvalue weighted by molar-refractivity contribution is 6.46. The number of fused-ring (bicyclic) bond motifs is 1. The number of benzene rings is 1. The number of nitrogens with zero attached hydrogens (tertiary/aromatic N) is 3. The minimum Gasteiger partial charge on any atom is -0.461 e. The Labute approximate surface area is 175 Å². The smallest absolute Gasteiger partial charge is 0.355 e. The predicted molar refractivity (Wildman–Crippen MR) is 111 cm³/mol. The van der Waals surface area contributed by atoms with E-state index in [4.69, 9.17) is 4.74 Å². The van der Waals surface area contributed by atoms with Crippen molar-refractivity contribution in [1.29, 1.82) is 0 Å². The van der Waals surface area contributed by atoms with Crippen LogP contribution in [0.4, 0.5) is 5.69 Å². The van der Waals surface area contributed by atoms with Crippen LogP contribution in [0.5, 0.6) is 0 Å². The van der Waals surface area contributed by atoms with Gasteiger partial charge in [0.2, 0.25) is 5.91 Å². The fraction of sp³-hybridized carbons (Fsp3) is 0.500. The van der Waals surface area contributed by atoms with E-state index in [0.29, 0.717) is 5.69 Å². The second kappa shape index (κ2) is 7.66. The van der Waals surface area contributed by atoms with Gasteiger partial charge in [-0.15, -0.1) is 0 Å². The zero-order chi connectivity index (χ0) is 22.4. The molecule has 1 saturated heterocycles. The summed E-state index contributed by atoms with van der Waals surface area (Å²) < 4.78 is 5.09. The number of ketones is 1. The van der Waals surface area contributed by atoms with Gasteiger partial charge in [-0.1, -0.05) is 6.07 Å². The lowest BCUT2D eigenvalue weighted by Crippen LogP contribution is -2.50. The van der Waals surface area contributed by atoms with Gasteiger partial charge in [0.05, 0.1) is 17.8 Å². The maximum absolute atomic E-state index is 13.4. The Bertz CT molecular complexity index is 966. The van der Waals surface area contributed by atoms with E-state index in [1.165, 1.54) is 11.9 Å². The van der Waals surface area contributed by atoms with Crippen LogP contribution in [0.15, 0.2) is 23.3 Å². The van der Waals surface area contributed by atoms with Crippen LogP contribution in [0.1, 0.15) is 45.2 Å². The molecule has 2 heterocycles. The Balaban J connectivity index is 2.08. The number of imide groups is 1. The number of anilines is 1. The number of aryl methyl sites for hydroxylation is 2. The third-order valence-corrected chi connectivity index (χ3v) is 5.58. The number of rotatable bonds is 6. The third-order valence-electron chi connectivity index (χ3n) is 5.58. The lowest BCUT2D eigenvalue weighted by molar-refractivity contribution is -0.136. The molecule has 3 rings (SSSR count). The molecule has 1 aromatic carbocycles. The molecule has 2 amide bonds. The van der Waals surface area contributed by atoms with Gasteiger partial charge in [-0.2, -0.15) is 5.10 Å². The lowest BCUT2D eigenvalue weighted by Gasteiger charge is -2.36. The molecule has 1 aromatic rings. The van der Waals surface area contributed by atoms with Crippen molar-refractivity contribution in [2.75, 3.05) is 11.5 Å². The van der Waals surface area contributed by atoms with Gasteiger partial charge in [0.25, 0.3) is 5.91 Å². The predicted octanol–water partition coefficient (Wildman–Crippen LogP) is 2.15. The van der Waals surface area contributed by atoms with E-state index in [1.54, 1.807) is 32.9 Å². The Hall–Kier alpha value is -3.03. The van der Waals surface area contributed by atoms with Crippen molar-refractivity contribution < 1.29 is 23.9 Å². The number of amides is 2. The van der Waals surface area contributed by atoms with Crippen LogP contribution in [0.3, 0.4) is 0 Å². The van der Waals surface area contributed by atoms with Crippen LogP contribution in [0, 0.1) is 19.8 Å². The van der Waals surface area contributed by atoms with E-state index >= 15 is 0 Å².